The quantitative estimate of drug-likeness (QED) is 0.443. The molecule has 17 heavy (non-hydrogen) atoms. The second kappa shape index (κ2) is 3.83. The molecule has 2 nitrogen and oxygen atoms in total. The van der Waals surface area contributed by atoms with Gasteiger partial charge in [-0.1, -0.05) is 34.8 Å². The van der Waals surface area contributed by atoms with Crippen LogP contribution in [0.1, 0.15) is 5.56 Å². The lowest BCUT2D eigenvalue weighted by atomic mass is 10.1. The normalized spacial score (nSPS) is 11.2. The van der Waals surface area contributed by atoms with Gasteiger partial charge in [-0.25, -0.2) is 9.97 Å². The van der Waals surface area contributed by atoms with Crippen molar-refractivity contribution in [3.8, 4) is 0 Å². The van der Waals surface area contributed by atoms with Crippen LogP contribution < -0.4 is 0 Å². The maximum atomic E-state index is 6.16. The Kier molecular flexibility index (Phi) is 2.42. The summed E-state index contributed by atoms with van der Waals surface area (Å²) < 4.78 is 0. The molecular weight excluding hydrogens is 255 g/mol. The summed E-state index contributed by atoms with van der Waals surface area (Å²) in [6.45, 7) is 2.03. The van der Waals surface area contributed by atoms with E-state index in [0.29, 0.717) is 10.3 Å². The first-order valence-electron chi connectivity index (χ1n) is 5.17. The number of halogens is 2. The van der Waals surface area contributed by atoms with E-state index in [9.17, 15) is 0 Å². The number of benzene rings is 1. The molecule has 0 saturated carbocycles. The lowest BCUT2D eigenvalue weighted by Gasteiger charge is -2.07. The van der Waals surface area contributed by atoms with Crippen LogP contribution in [0.15, 0.2) is 30.5 Å². The van der Waals surface area contributed by atoms with Gasteiger partial charge in [-0.3, -0.25) is 0 Å². The molecule has 0 bridgehead atoms. The van der Waals surface area contributed by atoms with Crippen LogP contribution in [-0.4, -0.2) is 9.97 Å². The summed E-state index contributed by atoms with van der Waals surface area (Å²) in [5, 5.41) is 3.61. The third-order valence-electron chi connectivity index (χ3n) is 2.77. The average molecular weight is 263 g/mol. The molecule has 2 heterocycles. The zero-order valence-electron chi connectivity index (χ0n) is 9.04. The fourth-order valence-electron chi connectivity index (χ4n) is 1.98. The number of pyridine rings is 2. The van der Waals surface area contributed by atoms with E-state index in [1.807, 2.05) is 25.1 Å². The first-order valence-corrected chi connectivity index (χ1v) is 5.92. The predicted octanol–water partition coefficient (Wildman–Crippen LogP) is 4.40. The molecule has 0 spiro atoms. The van der Waals surface area contributed by atoms with Gasteiger partial charge in [0, 0.05) is 22.4 Å². The van der Waals surface area contributed by atoms with E-state index >= 15 is 0 Å². The van der Waals surface area contributed by atoms with E-state index in [4.69, 9.17) is 23.2 Å². The first-order chi connectivity index (χ1) is 8.16. The Bertz CT molecular complexity index is 738. The van der Waals surface area contributed by atoms with Crippen LogP contribution in [0.5, 0.6) is 0 Å². The number of hydrogen-bond acceptors (Lipinski definition) is 2. The second-order valence-electron chi connectivity index (χ2n) is 3.95. The Balaban J connectivity index is 2.65. The molecule has 0 aliphatic rings. The highest BCUT2D eigenvalue weighted by Gasteiger charge is 2.10. The van der Waals surface area contributed by atoms with Crippen LogP contribution >= 0.6 is 23.2 Å². The Morgan fingerprint density at radius 1 is 1.00 bits per heavy atom. The third-order valence-corrected chi connectivity index (χ3v) is 3.34. The minimum absolute atomic E-state index is 0.459. The van der Waals surface area contributed by atoms with E-state index in [1.54, 1.807) is 6.20 Å². The molecule has 0 saturated heterocycles. The van der Waals surface area contributed by atoms with Gasteiger partial charge in [0.05, 0.1) is 5.52 Å². The predicted molar refractivity (Wildman–Crippen MR) is 71.8 cm³/mol. The van der Waals surface area contributed by atoms with Gasteiger partial charge in [0.1, 0.15) is 10.3 Å². The number of aryl methyl sites for hydroxylation is 1. The van der Waals surface area contributed by atoms with Crippen LogP contribution in [0, 0.1) is 6.92 Å². The third kappa shape index (κ3) is 1.65. The van der Waals surface area contributed by atoms with Gasteiger partial charge in [-0.05, 0) is 25.1 Å². The molecule has 3 aromatic rings. The number of hydrogen-bond donors (Lipinski definition) is 0. The smallest absolute Gasteiger partial charge is 0.137 e. The van der Waals surface area contributed by atoms with Gasteiger partial charge in [-0.2, -0.15) is 0 Å². The summed E-state index contributed by atoms with van der Waals surface area (Å²) in [7, 11) is 0. The van der Waals surface area contributed by atoms with E-state index in [0.717, 1.165) is 27.2 Å². The largest absolute Gasteiger partial charge is 0.244 e. The molecule has 4 heteroatoms. The zero-order chi connectivity index (χ0) is 12.0. The van der Waals surface area contributed by atoms with Gasteiger partial charge < -0.3 is 0 Å². The highest BCUT2D eigenvalue weighted by Crippen LogP contribution is 2.33. The van der Waals surface area contributed by atoms with Crippen molar-refractivity contribution >= 4 is 44.9 Å². The Morgan fingerprint density at radius 3 is 2.65 bits per heavy atom. The summed E-state index contributed by atoms with van der Waals surface area (Å²) >= 11 is 12.3. The minimum Gasteiger partial charge on any atom is -0.244 e. The molecule has 0 aliphatic heterocycles. The fraction of sp³-hybridized carbons (Fsp3) is 0.0769. The topological polar surface area (TPSA) is 25.8 Å². The van der Waals surface area contributed by atoms with Crippen LogP contribution in [0.4, 0.5) is 0 Å². The molecular formula is C13H8Cl2N2. The average Bonchev–Trinajstić information content (AvgIpc) is 2.30. The van der Waals surface area contributed by atoms with Crippen LogP contribution in [-0.2, 0) is 0 Å². The monoisotopic (exact) mass is 262 g/mol. The number of nitrogens with zero attached hydrogens (tertiary/aromatic N) is 2. The van der Waals surface area contributed by atoms with Crippen molar-refractivity contribution in [3.05, 3.63) is 46.3 Å². The molecule has 0 aliphatic carbocycles. The van der Waals surface area contributed by atoms with E-state index in [-0.39, 0.29) is 0 Å². The van der Waals surface area contributed by atoms with E-state index < -0.39 is 0 Å². The molecule has 0 fully saturated rings. The van der Waals surface area contributed by atoms with Gasteiger partial charge in [0.15, 0.2) is 0 Å². The van der Waals surface area contributed by atoms with Crippen LogP contribution in [0.2, 0.25) is 10.3 Å². The lowest BCUT2D eigenvalue weighted by Crippen LogP contribution is -1.88. The Morgan fingerprint density at radius 2 is 1.82 bits per heavy atom. The van der Waals surface area contributed by atoms with Crippen molar-refractivity contribution < 1.29 is 0 Å². The van der Waals surface area contributed by atoms with Crippen molar-refractivity contribution in [2.75, 3.05) is 0 Å². The first kappa shape index (κ1) is 10.8. The highest BCUT2D eigenvalue weighted by atomic mass is 35.5. The van der Waals surface area contributed by atoms with Gasteiger partial charge in [-0.15, -0.1) is 0 Å². The fourth-order valence-corrected chi connectivity index (χ4v) is 2.49. The summed E-state index contributed by atoms with van der Waals surface area (Å²) in [6, 6.07) is 7.83. The van der Waals surface area contributed by atoms with E-state index in [2.05, 4.69) is 16.0 Å². The molecule has 0 atom stereocenters. The molecule has 84 valence electrons. The van der Waals surface area contributed by atoms with Gasteiger partial charge in [0.25, 0.3) is 0 Å². The summed E-state index contributed by atoms with van der Waals surface area (Å²) in [5.41, 5.74) is 1.99. The number of aromatic nitrogens is 2. The van der Waals surface area contributed by atoms with Crippen LogP contribution in [0.25, 0.3) is 21.7 Å². The molecule has 0 radical (unpaired) electrons. The minimum atomic E-state index is 0.459. The van der Waals surface area contributed by atoms with Crippen molar-refractivity contribution in [1.82, 2.24) is 9.97 Å². The number of rotatable bonds is 0. The standard InChI is InChI=1S/C13H8Cl2N2/c1-7-2-3-10-9(6-7)11-8(12(14)17-10)4-5-16-13(11)15/h2-6H,1H3. The van der Waals surface area contributed by atoms with Crippen molar-refractivity contribution in [2.24, 2.45) is 0 Å². The molecule has 0 N–H and O–H groups in total. The number of fused-ring (bicyclic) bond motifs is 3. The molecule has 3 rings (SSSR count). The van der Waals surface area contributed by atoms with Crippen molar-refractivity contribution in [2.45, 2.75) is 6.92 Å². The molecule has 2 aromatic heterocycles. The summed E-state index contributed by atoms with van der Waals surface area (Å²) in [6.07, 6.45) is 1.64. The molecule has 0 amide bonds. The maximum absolute atomic E-state index is 6.16. The summed E-state index contributed by atoms with van der Waals surface area (Å²) in [5.74, 6) is 0. The lowest BCUT2D eigenvalue weighted by molar-refractivity contribution is 1.35. The zero-order valence-corrected chi connectivity index (χ0v) is 10.5. The van der Waals surface area contributed by atoms with E-state index in [1.165, 1.54) is 0 Å². The molecule has 1 aromatic carbocycles. The Labute approximate surface area is 108 Å². The van der Waals surface area contributed by atoms with Crippen molar-refractivity contribution in [1.29, 1.82) is 0 Å². The molecule has 0 unspecified atom stereocenters. The van der Waals surface area contributed by atoms with Crippen LogP contribution in [0.3, 0.4) is 0 Å². The summed E-state index contributed by atoms with van der Waals surface area (Å²) in [4.78, 5) is 8.47. The SMILES string of the molecule is Cc1ccc2nc(Cl)c3ccnc(Cl)c3c2c1. The van der Waals surface area contributed by atoms with Crippen molar-refractivity contribution in [3.63, 3.8) is 0 Å². The van der Waals surface area contributed by atoms with Gasteiger partial charge >= 0.3 is 0 Å². The Hall–Kier alpha value is -1.38. The highest BCUT2D eigenvalue weighted by molar-refractivity contribution is 6.40. The second-order valence-corrected chi connectivity index (χ2v) is 4.66. The maximum Gasteiger partial charge on any atom is 0.137 e. The van der Waals surface area contributed by atoms with Gasteiger partial charge in [0.2, 0.25) is 0 Å².